The van der Waals surface area contributed by atoms with Gasteiger partial charge in [-0.3, -0.25) is 9.69 Å². The summed E-state index contributed by atoms with van der Waals surface area (Å²) in [5, 5.41) is 2.57. The summed E-state index contributed by atoms with van der Waals surface area (Å²) in [5.41, 5.74) is 2.75. The van der Waals surface area contributed by atoms with Gasteiger partial charge in [-0.05, 0) is 55.5 Å². The predicted molar refractivity (Wildman–Crippen MR) is 132 cm³/mol. The maximum Gasteiger partial charge on any atom is 0.243 e. The van der Waals surface area contributed by atoms with Crippen molar-refractivity contribution in [2.45, 2.75) is 44.4 Å². The van der Waals surface area contributed by atoms with Gasteiger partial charge in [0.2, 0.25) is 15.9 Å². The zero-order valence-corrected chi connectivity index (χ0v) is 20.8. The highest BCUT2D eigenvalue weighted by Gasteiger charge is 2.35. The Morgan fingerprint density at radius 1 is 1.06 bits per heavy atom. The number of anilines is 2. The van der Waals surface area contributed by atoms with E-state index >= 15 is 0 Å². The number of nitrogens with zero attached hydrogens (tertiary/aromatic N) is 3. The van der Waals surface area contributed by atoms with Crippen molar-refractivity contribution in [2.24, 2.45) is 5.92 Å². The van der Waals surface area contributed by atoms with Gasteiger partial charge in [0.1, 0.15) is 0 Å². The maximum atomic E-state index is 13.6. The largest absolute Gasteiger partial charge is 0.274 e. The minimum absolute atomic E-state index is 0.0334. The molecule has 33 heavy (non-hydrogen) atoms. The van der Waals surface area contributed by atoms with Crippen molar-refractivity contribution in [3.8, 4) is 0 Å². The van der Waals surface area contributed by atoms with Crippen molar-refractivity contribution in [2.75, 3.05) is 18.0 Å². The summed E-state index contributed by atoms with van der Waals surface area (Å²) in [6.07, 6.45) is 0.964. The van der Waals surface area contributed by atoms with E-state index in [1.54, 1.807) is 17.0 Å². The van der Waals surface area contributed by atoms with Gasteiger partial charge in [0.05, 0.1) is 16.3 Å². The lowest BCUT2D eigenvalue weighted by atomic mass is 9.96. The zero-order chi connectivity index (χ0) is 23.6. The molecule has 8 heteroatoms. The van der Waals surface area contributed by atoms with Gasteiger partial charge in [-0.25, -0.2) is 13.4 Å². The predicted octanol–water partition coefficient (Wildman–Crippen LogP) is 5.34. The van der Waals surface area contributed by atoms with E-state index < -0.39 is 10.0 Å². The van der Waals surface area contributed by atoms with Crippen LogP contribution in [0.2, 0.25) is 0 Å². The molecular formula is C25H29N3O3S2. The lowest BCUT2D eigenvalue weighted by molar-refractivity contribution is -0.122. The Labute approximate surface area is 199 Å². The van der Waals surface area contributed by atoms with Crippen LogP contribution in [0.3, 0.4) is 0 Å². The number of carbonyl (C=O) groups is 1. The molecule has 174 valence electrons. The molecule has 2 heterocycles. The Bertz CT molecular complexity index is 1200. The fourth-order valence-electron chi connectivity index (χ4n) is 4.05. The van der Waals surface area contributed by atoms with E-state index in [2.05, 4.69) is 18.8 Å². The quantitative estimate of drug-likeness (QED) is 0.474. The summed E-state index contributed by atoms with van der Waals surface area (Å²) in [6, 6.07) is 16.6. The van der Waals surface area contributed by atoms with Crippen LogP contribution in [0.15, 0.2) is 64.9 Å². The number of rotatable bonds is 6. The number of sulfonamides is 1. The summed E-state index contributed by atoms with van der Waals surface area (Å²) in [6.45, 7) is 6.72. The molecule has 0 unspecified atom stereocenters. The molecule has 0 bridgehead atoms. The van der Waals surface area contributed by atoms with Crippen LogP contribution in [0, 0.1) is 12.8 Å². The molecule has 0 saturated carbocycles. The summed E-state index contributed by atoms with van der Waals surface area (Å²) in [4.78, 5) is 20.1. The lowest BCUT2D eigenvalue weighted by Gasteiger charge is -2.33. The van der Waals surface area contributed by atoms with Crippen LogP contribution in [-0.2, 0) is 14.8 Å². The molecule has 1 amide bonds. The van der Waals surface area contributed by atoms with Crippen molar-refractivity contribution < 1.29 is 13.2 Å². The number of hydrogen-bond donors (Lipinski definition) is 0. The Morgan fingerprint density at radius 2 is 1.70 bits per heavy atom. The molecular weight excluding hydrogens is 454 g/mol. The highest BCUT2D eigenvalue weighted by atomic mass is 32.2. The first-order chi connectivity index (χ1) is 15.8. The third kappa shape index (κ3) is 5.03. The molecule has 0 radical (unpaired) electrons. The molecule has 0 N–H and O–H groups in total. The minimum atomic E-state index is -3.58. The second kappa shape index (κ2) is 9.75. The van der Waals surface area contributed by atoms with E-state index in [0.29, 0.717) is 41.9 Å². The van der Waals surface area contributed by atoms with E-state index in [9.17, 15) is 13.2 Å². The Kier molecular flexibility index (Phi) is 6.97. The standard InChI is InChI=1S/C25H29N3O3S2/c1-18(2)20-9-11-23(12-10-20)33(30,31)27-15-13-21(14-16-27)24(29)28(22-7-5-4-6-8-22)25-26-19(3)17-32-25/h4-12,17-18,21H,13-16H2,1-3H3. The van der Waals surface area contributed by atoms with Crippen LogP contribution < -0.4 is 4.90 Å². The molecule has 4 rings (SSSR count). The second-order valence-electron chi connectivity index (χ2n) is 8.68. The number of thiazole rings is 1. The summed E-state index contributed by atoms with van der Waals surface area (Å²) in [5.74, 6) is 0.0516. The van der Waals surface area contributed by atoms with Gasteiger partial charge in [0.15, 0.2) is 5.13 Å². The highest BCUT2D eigenvalue weighted by Crippen LogP contribution is 2.33. The number of amides is 1. The smallest absolute Gasteiger partial charge is 0.243 e. The van der Waals surface area contributed by atoms with Crippen LogP contribution in [0.1, 0.15) is 43.9 Å². The van der Waals surface area contributed by atoms with E-state index in [-0.39, 0.29) is 11.8 Å². The van der Waals surface area contributed by atoms with Gasteiger partial charge in [-0.15, -0.1) is 11.3 Å². The molecule has 0 atom stereocenters. The SMILES string of the molecule is Cc1csc(N(C(=O)C2CCN(S(=O)(=O)c3ccc(C(C)C)cc3)CC2)c2ccccc2)n1. The Hall–Kier alpha value is -2.55. The lowest BCUT2D eigenvalue weighted by Crippen LogP contribution is -2.43. The molecule has 1 aliphatic rings. The third-order valence-electron chi connectivity index (χ3n) is 6.02. The van der Waals surface area contributed by atoms with E-state index in [4.69, 9.17) is 0 Å². The monoisotopic (exact) mass is 483 g/mol. The first-order valence-electron chi connectivity index (χ1n) is 11.2. The van der Waals surface area contributed by atoms with Gasteiger partial charge in [-0.2, -0.15) is 4.31 Å². The molecule has 1 aliphatic heterocycles. The van der Waals surface area contributed by atoms with Crippen molar-refractivity contribution in [3.63, 3.8) is 0 Å². The molecule has 0 aliphatic carbocycles. The normalized spacial score (nSPS) is 15.6. The van der Waals surface area contributed by atoms with Gasteiger partial charge >= 0.3 is 0 Å². The topological polar surface area (TPSA) is 70.6 Å². The fraction of sp³-hybridized carbons (Fsp3) is 0.360. The molecule has 3 aromatic rings. The average molecular weight is 484 g/mol. The van der Waals surface area contributed by atoms with Gasteiger partial charge in [0, 0.05) is 24.4 Å². The summed E-state index contributed by atoms with van der Waals surface area (Å²) in [7, 11) is -3.58. The molecule has 6 nitrogen and oxygen atoms in total. The van der Waals surface area contributed by atoms with Crippen LogP contribution in [-0.4, -0.2) is 36.7 Å². The number of benzene rings is 2. The van der Waals surface area contributed by atoms with E-state index in [1.807, 2.05) is 54.8 Å². The second-order valence-corrected chi connectivity index (χ2v) is 11.5. The summed E-state index contributed by atoms with van der Waals surface area (Å²) < 4.78 is 27.8. The fourth-order valence-corrected chi connectivity index (χ4v) is 6.35. The molecule has 1 saturated heterocycles. The summed E-state index contributed by atoms with van der Waals surface area (Å²) >= 11 is 1.44. The Morgan fingerprint density at radius 3 is 2.24 bits per heavy atom. The van der Waals surface area contributed by atoms with Crippen LogP contribution in [0.25, 0.3) is 0 Å². The first-order valence-corrected chi connectivity index (χ1v) is 13.5. The maximum absolute atomic E-state index is 13.6. The van der Waals surface area contributed by atoms with E-state index in [0.717, 1.165) is 16.9 Å². The Balaban J connectivity index is 1.49. The first kappa shape index (κ1) is 23.6. The molecule has 1 fully saturated rings. The van der Waals surface area contributed by atoms with Crippen LogP contribution in [0.5, 0.6) is 0 Å². The molecule has 2 aromatic carbocycles. The van der Waals surface area contributed by atoms with Crippen LogP contribution >= 0.6 is 11.3 Å². The number of aryl methyl sites for hydroxylation is 1. The van der Waals surface area contributed by atoms with Crippen molar-refractivity contribution in [1.29, 1.82) is 0 Å². The zero-order valence-electron chi connectivity index (χ0n) is 19.1. The van der Waals surface area contributed by atoms with Crippen molar-refractivity contribution in [3.05, 3.63) is 71.2 Å². The number of para-hydroxylation sites is 1. The van der Waals surface area contributed by atoms with E-state index in [1.165, 1.54) is 15.6 Å². The molecule has 0 spiro atoms. The van der Waals surface area contributed by atoms with Gasteiger partial charge < -0.3 is 0 Å². The van der Waals surface area contributed by atoms with Crippen molar-refractivity contribution in [1.82, 2.24) is 9.29 Å². The van der Waals surface area contributed by atoms with Crippen LogP contribution in [0.4, 0.5) is 10.8 Å². The minimum Gasteiger partial charge on any atom is -0.274 e. The van der Waals surface area contributed by atoms with Gasteiger partial charge in [-0.1, -0.05) is 44.2 Å². The van der Waals surface area contributed by atoms with Crippen molar-refractivity contribution >= 4 is 38.1 Å². The number of piperidine rings is 1. The number of hydrogen-bond acceptors (Lipinski definition) is 5. The third-order valence-corrected chi connectivity index (χ3v) is 8.88. The average Bonchev–Trinajstić information content (AvgIpc) is 3.25. The molecule has 1 aromatic heterocycles. The van der Waals surface area contributed by atoms with Gasteiger partial charge in [0.25, 0.3) is 0 Å². The number of aromatic nitrogens is 1. The number of carbonyl (C=O) groups excluding carboxylic acids is 1. The highest BCUT2D eigenvalue weighted by molar-refractivity contribution is 7.89.